The first kappa shape index (κ1) is 11.7. The van der Waals surface area contributed by atoms with E-state index in [1.165, 1.54) is 0 Å². The molecule has 0 bridgehead atoms. The van der Waals surface area contributed by atoms with Gasteiger partial charge >= 0.3 is 0 Å². The SMILES string of the molecule is C=NCc1ccc2nc(OC)c3ccccc3c2c1. The summed E-state index contributed by atoms with van der Waals surface area (Å²) >= 11 is 0. The van der Waals surface area contributed by atoms with Crippen LogP contribution in [0.15, 0.2) is 47.5 Å². The number of rotatable bonds is 3. The van der Waals surface area contributed by atoms with Gasteiger partial charge in [0, 0.05) is 10.8 Å². The van der Waals surface area contributed by atoms with Gasteiger partial charge in [0.2, 0.25) is 5.88 Å². The summed E-state index contributed by atoms with van der Waals surface area (Å²) in [6.45, 7) is 4.16. The number of methoxy groups -OCH3 is 1. The fourth-order valence-electron chi connectivity index (χ4n) is 2.35. The molecule has 0 aliphatic carbocycles. The van der Waals surface area contributed by atoms with Crippen LogP contribution in [0, 0.1) is 0 Å². The van der Waals surface area contributed by atoms with Gasteiger partial charge in [-0.1, -0.05) is 24.3 Å². The first-order valence-corrected chi connectivity index (χ1v) is 6.11. The molecule has 0 aliphatic rings. The third-order valence-electron chi connectivity index (χ3n) is 3.22. The molecule has 0 N–H and O–H groups in total. The van der Waals surface area contributed by atoms with Crippen LogP contribution in [0.3, 0.4) is 0 Å². The summed E-state index contributed by atoms with van der Waals surface area (Å²) in [7, 11) is 1.65. The average Bonchev–Trinajstić information content (AvgIpc) is 2.47. The molecule has 1 aromatic heterocycles. The van der Waals surface area contributed by atoms with E-state index in [9.17, 15) is 0 Å². The van der Waals surface area contributed by atoms with E-state index in [1.807, 2.05) is 30.3 Å². The van der Waals surface area contributed by atoms with Crippen LogP contribution in [0.5, 0.6) is 5.88 Å². The van der Waals surface area contributed by atoms with Gasteiger partial charge < -0.3 is 4.74 Å². The van der Waals surface area contributed by atoms with E-state index >= 15 is 0 Å². The number of fused-ring (bicyclic) bond motifs is 3. The van der Waals surface area contributed by atoms with Crippen LogP contribution >= 0.6 is 0 Å². The lowest BCUT2D eigenvalue weighted by atomic mass is 10.0. The van der Waals surface area contributed by atoms with Crippen molar-refractivity contribution in [3.8, 4) is 5.88 Å². The van der Waals surface area contributed by atoms with Gasteiger partial charge in [-0.25, -0.2) is 4.98 Å². The van der Waals surface area contributed by atoms with Gasteiger partial charge in [-0.2, -0.15) is 0 Å². The highest BCUT2D eigenvalue weighted by Crippen LogP contribution is 2.30. The van der Waals surface area contributed by atoms with Crippen molar-refractivity contribution in [1.29, 1.82) is 0 Å². The number of pyridine rings is 1. The Morgan fingerprint density at radius 3 is 2.63 bits per heavy atom. The van der Waals surface area contributed by atoms with Crippen molar-refractivity contribution in [2.24, 2.45) is 4.99 Å². The van der Waals surface area contributed by atoms with Crippen LogP contribution in [-0.2, 0) is 6.54 Å². The molecule has 3 nitrogen and oxygen atoms in total. The number of aliphatic imine (C=N–C) groups is 1. The fourth-order valence-corrected chi connectivity index (χ4v) is 2.35. The molecule has 3 rings (SSSR count). The van der Waals surface area contributed by atoms with E-state index < -0.39 is 0 Å². The third-order valence-corrected chi connectivity index (χ3v) is 3.22. The van der Waals surface area contributed by atoms with E-state index in [4.69, 9.17) is 4.74 Å². The average molecular weight is 250 g/mol. The molecule has 0 unspecified atom stereocenters. The summed E-state index contributed by atoms with van der Waals surface area (Å²) in [5.41, 5.74) is 2.07. The van der Waals surface area contributed by atoms with E-state index in [1.54, 1.807) is 7.11 Å². The maximum Gasteiger partial charge on any atom is 0.221 e. The highest BCUT2D eigenvalue weighted by atomic mass is 16.5. The summed E-state index contributed by atoms with van der Waals surface area (Å²) < 4.78 is 5.37. The normalized spacial score (nSPS) is 10.8. The molecule has 3 aromatic rings. The first-order chi connectivity index (χ1) is 9.33. The minimum Gasteiger partial charge on any atom is -0.481 e. The van der Waals surface area contributed by atoms with E-state index in [0.29, 0.717) is 12.4 Å². The van der Waals surface area contributed by atoms with Crippen molar-refractivity contribution in [2.45, 2.75) is 6.54 Å². The summed E-state index contributed by atoms with van der Waals surface area (Å²) in [6.07, 6.45) is 0. The molecule has 2 aromatic carbocycles. The Kier molecular flexibility index (Phi) is 2.88. The minimum absolute atomic E-state index is 0.621. The van der Waals surface area contributed by atoms with Gasteiger partial charge in [-0.15, -0.1) is 0 Å². The van der Waals surface area contributed by atoms with E-state index in [2.05, 4.69) is 28.8 Å². The molecule has 0 radical (unpaired) electrons. The summed E-state index contributed by atoms with van der Waals surface area (Å²) in [5, 5.41) is 3.30. The number of hydrogen-bond acceptors (Lipinski definition) is 3. The lowest BCUT2D eigenvalue weighted by molar-refractivity contribution is 0.405. The lowest BCUT2D eigenvalue weighted by Crippen LogP contribution is -1.92. The van der Waals surface area contributed by atoms with Crippen LogP contribution < -0.4 is 4.74 Å². The van der Waals surface area contributed by atoms with Gasteiger partial charge in [0.25, 0.3) is 0 Å². The predicted octanol–water partition coefficient (Wildman–Crippen LogP) is 3.60. The van der Waals surface area contributed by atoms with E-state index in [0.717, 1.165) is 27.2 Å². The van der Waals surface area contributed by atoms with Crippen LogP contribution in [-0.4, -0.2) is 18.8 Å². The largest absolute Gasteiger partial charge is 0.481 e. The second kappa shape index (κ2) is 4.69. The van der Waals surface area contributed by atoms with Crippen LogP contribution in [0.2, 0.25) is 0 Å². The van der Waals surface area contributed by atoms with Gasteiger partial charge in [0.05, 0.1) is 19.2 Å². The van der Waals surface area contributed by atoms with Gasteiger partial charge in [-0.05, 0) is 35.9 Å². The number of benzene rings is 2. The molecule has 0 fully saturated rings. The Hall–Kier alpha value is -2.42. The van der Waals surface area contributed by atoms with Crippen LogP contribution in [0.4, 0.5) is 0 Å². The smallest absolute Gasteiger partial charge is 0.221 e. The zero-order valence-electron chi connectivity index (χ0n) is 10.8. The van der Waals surface area contributed by atoms with Gasteiger partial charge in [-0.3, -0.25) is 4.99 Å². The summed E-state index contributed by atoms with van der Waals surface area (Å²) in [6, 6.07) is 14.3. The predicted molar refractivity (Wildman–Crippen MR) is 79.1 cm³/mol. The molecule has 0 saturated carbocycles. The van der Waals surface area contributed by atoms with Crippen LogP contribution in [0.1, 0.15) is 5.56 Å². The zero-order valence-corrected chi connectivity index (χ0v) is 10.8. The Bertz CT molecular complexity index is 765. The molecule has 0 spiro atoms. The molecule has 0 amide bonds. The minimum atomic E-state index is 0.621. The van der Waals surface area contributed by atoms with Crippen molar-refractivity contribution >= 4 is 28.4 Å². The molecular formula is C16H14N2O. The Morgan fingerprint density at radius 2 is 1.89 bits per heavy atom. The molecule has 0 aliphatic heterocycles. The lowest BCUT2D eigenvalue weighted by Gasteiger charge is -2.09. The van der Waals surface area contributed by atoms with Crippen molar-refractivity contribution in [1.82, 2.24) is 4.98 Å². The van der Waals surface area contributed by atoms with Crippen molar-refractivity contribution in [2.75, 3.05) is 7.11 Å². The molecular weight excluding hydrogens is 236 g/mol. The monoisotopic (exact) mass is 250 g/mol. The Labute approximate surface area is 111 Å². The highest BCUT2D eigenvalue weighted by molar-refractivity contribution is 6.07. The molecule has 94 valence electrons. The third kappa shape index (κ3) is 1.93. The van der Waals surface area contributed by atoms with E-state index in [-0.39, 0.29) is 0 Å². The van der Waals surface area contributed by atoms with Crippen LogP contribution in [0.25, 0.3) is 21.7 Å². The van der Waals surface area contributed by atoms with Crippen molar-refractivity contribution in [3.63, 3.8) is 0 Å². The molecule has 19 heavy (non-hydrogen) atoms. The summed E-state index contributed by atoms with van der Waals surface area (Å²) in [5.74, 6) is 0.665. The second-order valence-electron chi connectivity index (χ2n) is 4.40. The van der Waals surface area contributed by atoms with Gasteiger partial charge in [0.15, 0.2) is 0 Å². The maximum absolute atomic E-state index is 5.37. The molecule has 1 heterocycles. The fraction of sp³-hybridized carbons (Fsp3) is 0.125. The Morgan fingerprint density at radius 1 is 1.11 bits per heavy atom. The molecule has 3 heteroatoms. The maximum atomic E-state index is 5.37. The number of hydrogen-bond donors (Lipinski definition) is 0. The highest BCUT2D eigenvalue weighted by Gasteiger charge is 2.08. The molecule has 0 saturated heterocycles. The van der Waals surface area contributed by atoms with Crippen molar-refractivity contribution < 1.29 is 4.74 Å². The molecule has 0 atom stereocenters. The number of nitrogens with zero attached hydrogens (tertiary/aromatic N) is 2. The zero-order chi connectivity index (χ0) is 13.2. The first-order valence-electron chi connectivity index (χ1n) is 6.11. The standard InChI is InChI=1S/C16H14N2O/c1-17-10-11-7-8-15-14(9-11)12-5-3-4-6-13(12)16(18-15)19-2/h3-9H,1,10H2,2H3. The number of aromatic nitrogens is 1. The quantitative estimate of drug-likeness (QED) is 0.526. The topological polar surface area (TPSA) is 34.5 Å². The second-order valence-corrected chi connectivity index (χ2v) is 4.40. The Balaban J connectivity index is 2.40. The summed E-state index contributed by atoms with van der Waals surface area (Å²) in [4.78, 5) is 8.49. The van der Waals surface area contributed by atoms with Gasteiger partial charge in [0.1, 0.15) is 0 Å². The number of ether oxygens (including phenoxy) is 1. The van der Waals surface area contributed by atoms with Crippen molar-refractivity contribution in [3.05, 3.63) is 48.0 Å².